The first-order valence-corrected chi connectivity index (χ1v) is 16.1. The van der Waals surface area contributed by atoms with Crippen LogP contribution in [0.5, 0.6) is 0 Å². The Bertz CT molecular complexity index is 1490. The van der Waals surface area contributed by atoms with Gasteiger partial charge in [0.1, 0.15) is 12.6 Å². The van der Waals surface area contributed by atoms with Crippen LogP contribution in [0.15, 0.2) is 89.8 Å². The van der Waals surface area contributed by atoms with E-state index >= 15 is 0 Å². The summed E-state index contributed by atoms with van der Waals surface area (Å²) in [4.78, 5) is 40.0. The number of nitro benzene ring substituents is 1. The highest BCUT2D eigenvalue weighted by atomic mass is 32.2. The van der Waals surface area contributed by atoms with Crippen molar-refractivity contribution < 1.29 is 22.9 Å². The van der Waals surface area contributed by atoms with Crippen LogP contribution >= 0.6 is 0 Å². The average molecular weight is 607 g/mol. The highest BCUT2D eigenvalue weighted by Gasteiger charge is 2.34. The molecule has 10 nitrogen and oxygen atoms in total. The first kappa shape index (κ1) is 31.7. The minimum atomic E-state index is -4.30. The number of rotatable bonds is 13. The maximum atomic E-state index is 14.1. The van der Waals surface area contributed by atoms with Gasteiger partial charge in [0.25, 0.3) is 15.7 Å². The molecule has 43 heavy (non-hydrogen) atoms. The zero-order valence-electron chi connectivity index (χ0n) is 24.3. The summed E-state index contributed by atoms with van der Waals surface area (Å²) in [6.07, 6.45) is 5.77. The molecule has 11 heteroatoms. The topological polar surface area (TPSA) is 130 Å². The lowest BCUT2D eigenvalue weighted by molar-refractivity contribution is -0.384. The van der Waals surface area contributed by atoms with Crippen molar-refractivity contribution in [2.45, 2.75) is 68.8 Å². The molecule has 0 spiro atoms. The molecule has 1 saturated carbocycles. The molecule has 4 rings (SSSR count). The normalized spacial score (nSPS) is 14.4. The van der Waals surface area contributed by atoms with Crippen LogP contribution in [-0.4, -0.2) is 55.2 Å². The summed E-state index contributed by atoms with van der Waals surface area (Å²) in [7, 11) is -4.30. The highest BCUT2D eigenvalue weighted by Crippen LogP contribution is 2.28. The summed E-state index contributed by atoms with van der Waals surface area (Å²) in [6.45, 7) is 1.38. The van der Waals surface area contributed by atoms with Gasteiger partial charge < -0.3 is 10.2 Å². The summed E-state index contributed by atoms with van der Waals surface area (Å²) in [5.74, 6) is -0.837. The Morgan fingerprint density at radius 3 is 2.23 bits per heavy atom. The van der Waals surface area contributed by atoms with Gasteiger partial charge in [-0.3, -0.25) is 24.0 Å². The summed E-state index contributed by atoms with van der Waals surface area (Å²) >= 11 is 0. The van der Waals surface area contributed by atoms with Gasteiger partial charge in [-0.2, -0.15) is 0 Å². The van der Waals surface area contributed by atoms with E-state index in [9.17, 15) is 28.1 Å². The van der Waals surface area contributed by atoms with Crippen LogP contribution in [-0.2, 0) is 26.0 Å². The van der Waals surface area contributed by atoms with E-state index in [-0.39, 0.29) is 34.8 Å². The molecule has 0 bridgehead atoms. The van der Waals surface area contributed by atoms with E-state index in [2.05, 4.69) is 5.32 Å². The van der Waals surface area contributed by atoms with Crippen LogP contribution in [0.3, 0.4) is 0 Å². The molecule has 1 N–H and O–H groups in total. The van der Waals surface area contributed by atoms with Crippen LogP contribution in [0.2, 0.25) is 0 Å². The van der Waals surface area contributed by atoms with E-state index < -0.39 is 33.4 Å². The van der Waals surface area contributed by atoms with Crippen molar-refractivity contribution in [2.75, 3.05) is 17.4 Å². The molecule has 0 radical (unpaired) electrons. The average Bonchev–Trinajstić information content (AvgIpc) is 3.03. The van der Waals surface area contributed by atoms with Gasteiger partial charge in [0.05, 0.1) is 15.5 Å². The van der Waals surface area contributed by atoms with Gasteiger partial charge in [-0.25, -0.2) is 8.42 Å². The van der Waals surface area contributed by atoms with Gasteiger partial charge >= 0.3 is 0 Å². The smallest absolute Gasteiger partial charge is 0.271 e. The van der Waals surface area contributed by atoms with Gasteiger partial charge in [0.15, 0.2) is 0 Å². The zero-order chi connectivity index (χ0) is 30.8. The van der Waals surface area contributed by atoms with Gasteiger partial charge in [-0.1, -0.05) is 80.8 Å². The quantitative estimate of drug-likeness (QED) is 0.213. The SMILES string of the molecule is CC[C@H](C(=O)NC1CCCCC1)N(CCc1ccccc1)C(=O)CN(c1cccc([N+](=O)[O-])c1)S(=O)(=O)c1ccccc1. The highest BCUT2D eigenvalue weighted by molar-refractivity contribution is 7.92. The Morgan fingerprint density at radius 1 is 0.953 bits per heavy atom. The molecular formula is C32H38N4O6S. The van der Waals surface area contributed by atoms with E-state index in [1.54, 1.807) is 18.2 Å². The Labute approximate surface area is 252 Å². The third-order valence-corrected chi connectivity index (χ3v) is 9.55. The second-order valence-electron chi connectivity index (χ2n) is 10.7. The van der Waals surface area contributed by atoms with E-state index in [1.807, 2.05) is 37.3 Å². The summed E-state index contributed by atoms with van der Waals surface area (Å²) in [5.41, 5.74) is 0.641. The fourth-order valence-corrected chi connectivity index (χ4v) is 6.88. The van der Waals surface area contributed by atoms with Crippen molar-refractivity contribution in [2.24, 2.45) is 0 Å². The number of anilines is 1. The number of nitro groups is 1. The lowest BCUT2D eigenvalue weighted by Gasteiger charge is -2.34. The third kappa shape index (κ3) is 8.19. The minimum absolute atomic E-state index is 0.0193. The number of benzene rings is 3. The molecule has 0 heterocycles. The summed E-state index contributed by atoms with van der Waals surface area (Å²) < 4.78 is 28.7. The van der Waals surface area contributed by atoms with Crippen molar-refractivity contribution in [3.8, 4) is 0 Å². The molecule has 1 aliphatic rings. The van der Waals surface area contributed by atoms with E-state index in [0.717, 1.165) is 48.0 Å². The number of carbonyl (C=O) groups is 2. The number of non-ortho nitro benzene ring substituents is 1. The monoisotopic (exact) mass is 606 g/mol. The van der Waals surface area contributed by atoms with Gasteiger partial charge in [-0.05, 0) is 49.4 Å². The molecular weight excluding hydrogens is 568 g/mol. The largest absolute Gasteiger partial charge is 0.352 e. The van der Waals surface area contributed by atoms with Gasteiger partial charge in [-0.15, -0.1) is 0 Å². The summed E-state index contributed by atoms with van der Waals surface area (Å²) in [5, 5.41) is 14.7. The van der Waals surface area contributed by atoms with Crippen LogP contribution in [0, 0.1) is 10.1 Å². The van der Waals surface area contributed by atoms with Crippen molar-refractivity contribution in [3.63, 3.8) is 0 Å². The lowest BCUT2D eigenvalue weighted by Crippen LogP contribution is -2.54. The van der Waals surface area contributed by atoms with Crippen molar-refractivity contribution in [3.05, 3.63) is 101 Å². The Morgan fingerprint density at radius 2 is 1.60 bits per heavy atom. The number of hydrogen-bond donors (Lipinski definition) is 1. The fourth-order valence-electron chi connectivity index (χ4n) is 5.45. The second kappa shape index (κ2) is 14.8. The van der Waals surface area contributed by atoms with Crippen LogP contribution in [0.25, 0.3) is 0 Å². The molecule has 0 unspecified atom stereocenters. The molecule has 1 atom stereocenters. The third-order valence-electron chi connectivity index (χ3n) is 7.76. The molecule has 0 saturated heterocycles. The molecule has 1 aliphatic carbocycles. The minimum Gasteiger partial charge on any atom is -0.352 e. The Balaban J connectivity index is 1.69. The van der Waals surface area contributed by atoms with Gasteiger partial charge in [0.2, 0.25) is 11.8 Å². The predicted octanol–water partition coefficient (Wildman–Crippen LogP) is 5.09. The number of nitrogens with one attached hydrogen (secondary N) is 1. The standard InChI is InChI=1S/C32H38N4O6S/c1-2-30(32(38)33-26-15-8-4-9-16-26)34(22-21-25-13-6-3-7-14-25)31(37)24-35(27-17-12-18-28(23-27)36(39)40)43(41,42)29-19-10-5-11-20-29/h3,5-7,10-14,17-20,23,26,30H,2,4,8-9,15-16,21-22,24H2,1H3,(H,33,38)/t30-/m1/s1. The van der Waals surface area contributed by atoms with Crippen molar-refractivity contribution >= 4 is 33.2 Å². The first-order valence-electron chi connectivity index (χ1n) is 14.7. The number of carbonyl (C=O) groups excluding carboxylic acids is 2. The van der Waals surface area contributed by atoms with Crippen LogP contribution in [0.4, 0.5) is 11.4 Å². The van der Waals surface area contributed by atoms with Crippen LogP contribution in [0.1, 0.15) is 51.0 Å². The van der Waals surface area contributed by atoms with Crippen LogP contribution < -0.4 is 9.62 Å². The number of amides is 2. The van der Waals surface area contributed by atoms with E-state index in [4.69, 9.17) is 0 Å². The Hall–Kier alpha value is -4.25. The fraction of sp³-hybridized carbons (Fsp3) is 0.375. The molecule has 1 fully saturated rings. The molecule has 3 aromatic carbocycles. The number of sulfonamides is 1. The number of nitrogens with zero attached hydrogens (tertiary/aromatic N) is 3. The maximum absolute atomic E-state index is 14.1. The van der Waals surface area contributed by atoms with Crippen molar-refractivity contribution in [1.82, 2.24) is 10.2 Å². The number of hydrogen-bond acceptors (Lipinski definition) is 6. The van der Waals surface area contributed by atoms with E-state index in [1.165, 1.54) is 35.2 Å². The molecule has 0 aliphatic heterocycles. The Kier molecular flexibility index (Phi) is 10.9. The molecule has 3 aromatic rings. The predicted molar refractivity (Wildman–Crippen MR) is 165 cm³/mol. The lowest BCUT2D eigenvalue weighted by atomic mass is 9.95. The maximum Gasteiger partial charge on any atom is 0.271 e. The van der Waals surface area contributed by atoms with E-state index in [0.29, 0.717) is 12.8 Å². The molecule has 228 valence electrons. The molecule has 0 aromatic heterocycles. The summed E-state index contributed by atoms with van der Waals surface area (Å²) in [6, 6.07) is 21.6. The van der Waals surface area contributed by atoms with Crippen molar-refractivity contribution in [1.29, 1.82) is 0 Å². The first-order chi connectivity index (χ1) is 20.7. The zero-order valence-corrected chi connectivity index (χ0v) is 25.1. The molecule has 2 amide bonds. The second-order valence-corrected chi connectivity index (χ2v) is 12.6. The van der Waals surface area contributed by atoms with Gasteiger partial charge in [0, 0.05) is 24.7 Å².